The maximum Gasteiger partial charge on any atom is 0.182 e. The molecule has 4 heteroatoms. The summed E-state index contributed by atoms with van der Waals surface area (Å²) in [7, 11) is 3.48. The van der Waals surface area contributed by atoms with Crippen molar-refractivity contribution in [3.63, 3.8) is 0 Å². The van der Waals surface area contributed by atoms with Crippen molar-refractivity contribution in [2.75, 3.05) is 25.6 Å². The number of nitrogens with zero attached hydrogens (tertiary/aromatic N) is 2. The van der Waals surface area contributed by atoms with Gasteiger partial charge in [-0.25, -0.2) is 0 Å². The van der Waals surface area contributed by atoms with Crippen LogP contribution in [0.25, 0.3) is 0 Å². The average molecular weight is 280 g/mol. The number of ether oxygens (including phenoxy) is 1. The second-order valence-corrected chi connectivity index (χ2v) is 4.67. The van der Waals surface area contributed by atoms with Crippen molar-refractivity contribution in [1.29, 1.82) is 5.26 Å². The number of anilines is 1. The molecule has 2 aromatic rings. The Morgan fingerprint density at radius 2 is 1.76 bits per heavy atom. The quantitative estimate of drug-likeness (QED) is 0.790. The number of carbonyl (C=O) groups is 1. The van der Waals surface area contributed by atoms with E-state index in [1.165, 1.54) is 0 Å². The standard InChI is InChI=1S/C17H16N2O2/c1-19(15-7-9-16(21-2)10-8-15)12-17(20)14-5-3-13(11-18)4-6-14/h3-10H,12H2,1-2H3. The van der Waals surface area contributed by atoms with Gasteiger partial charge in [-0.15, -0.1) is 0 Å². The number of ketones is 1. The fourth-order valence-corrected chi connectivity index (χ4v) is 1.97. The van der Waals surface area contributed by atoms with Crippen LogP contribution in [0.2, 0.25) is 0 Å². The maximum atomic E-state index is 12.2. The lowest BCUT2D eigenvalue weighted by Gasteiger charge is -2.18. The molecule has 0 saturated heterocycles. The van der Waals surface area contributed by atoms with E-state index in [1.807, 2.05) is 42.3 Å². The molecule has 0 heterocycles. The van der Waals surface area contributed by atoms with Crippen LogP contribution < -0.4 is 9.64 Å². The molecule has 4 nitrogen and oxygen atoms in total. The Hall–Kier alpha value is -2.80. The number of carbonyl (C=O) groups excluding carboxylic acids is 1. The molecule has 0 aliphatic rings. The van der Waals surface area contributed by atoms with Gasteiger partial charge >= 0.3 is 0 Å². The summed E-state index contributed by atoms with van der Waals surface area (Å²) in [5.74, 6) is 0.795. The smallest absolute Gasteiger partial charge is 0.182 e. The molecule has 0 aromatic heterocycles. The molecule has 0 unspecified atom stereocenters. The lowest BCUT2D eigenvalue weighted by molar-refractivity contribution is 0.100. The number of Topliss-reactive ketones (excluding diaryl/α,β-unsaturated/α-hetero) is 1. The summed E-state index contributed by atoms with van der Waals surface area (Å²) in [6.07, 6.45) is 0. The van der Waals surface area contributed by atoms with Crippen molar-refractivity contribution in [2.24, 2.45) is 0 Å². The summed E-state index contributed by atoms with van der Waals surface area (Å²) in [5, 5.41) is 8.75. The van der Waals surface area contributed by atoms with Crippen molar-refractivity contribution in [1.82, 2.24) is 0 Å². The highest BCUT2D eigenvalue weighted by Crippen LogP contribution is 2.18. The van der Waals surface area contributed by atoms with Gasteiger partial charge in [0.05, 0.1) is 25.3 Å². The Morgan fingerprint density at radius 1 is 1.14 bits per heavy atom. The minimum atomic E-state index is 0.0119. The fourth-order valence-electron chi connectivity index (χ4n) is 1.97. The number of hydrogen-bond donors (Lipinski definition) is 0. The van der Waals surface area contributed by atoms with E-state index in [-0.39, 0.29) is 12.3 Å². The van der Waals surface area contributed by atoms with Crippen LogP contribution >= 0.6 is 0 Å². The van der Waals surface area contributed by atoms with Gasteiger partial charge in [0, 0.05) is 18.3 Å². The van der Waals surface area contributed by atoms with E-state index in [0.717, 1.165) is 11.4 Å². The summed E-state index contributed by atoms with van der Waals surface area (Å²) in [6.45, 7) is 0.276. The first-order valence-corrected chi connectivity index (χ1v) is 6.52. The normalized spacial score (nSPS) is 9.76. The van der Waals surface area contributed by atoms with Crippen LogP contribution in [0.15, 0.2) is 48.5 Å². The monoisotopic (exact) mass is 280 g/mol. The topological polar surface area (TPSA) is 53.3 Å². The lowest BCUT2D eigenvalue weighted by Crippen LogP contribution is -2.25. The molecule has 2 aromatic carbocycles. The zero-order chi connectivity index (χ0) is 15.2. The molecule has 0 aliphatic carbocycles. The zero-order valence-corrected chi connectivity index (χ0v) is 12.0. The molecule has 0 N–H and O–H groups in total. The maximum absolute atomic E-state index is 12.2. The number of likely N-dealkylation sites (N-methyl/N-ethyl adjacent to an activating group) is 1. The molecule has 0 fully saturated rings. The number of nitriles is 1. The molecular formula is C17H16N2O2. The van der Waals surface area contributed by atoms with Crippen LogP contribution in [0.5, 0.6) is 5.75 Å². The van der Waals surface area contributed by atoms with Crippen molar-refractivity contribution in [3.8, 4) is 11.8 Å². The summed E-state index contributed by atoms with van der Waals surface area (Å²) in [6, 6.07) is 16.2. The highest BCUT2D eigenvalue weighted by molar-refractivity contribution is 5.99. The molecule has 2 rings (SSSR count). The van der Waals surface area contributed by atoms with Gasteiger partial charge in [0.1, 0.15) is 5.75 Å². The van der Waals surface area contributed by atoms with E-state index in [4.69, 9.17) is 10.00 Å². The predicted molar refractivity (Wildman–Crippen MR) is 81.8 cm³/mol. The highest BCUT2D eigenvalue weighted by atomic mass is 16.5. The SMILES string of the molecule is COc1ccc(N(C)CC(=O)c2ccc(C#N)cc2)cc1. The van der Waals surface area contributed by atoms with Crippen LogP contribution in [0.1, 0.15) is 15.9 Å². The van der Waals surface area contributed by atoms with E-state index in [9.17, 15) is 4.79 Å². The van der Waals surface area contributed by atoms with E-state index in [2.05, 4.69) is 0 Å². The Balaban J connectivity index is 2.05. The molecule has 0 bridgehead atoms. The molecule has 0 amide bonds. The van der Waals surface area contributed by atoms with Gasteiger partial charge in [0.2, 0.25) is 0 Å². The van der Waals surface area contributed by atoms with E-state index in [1.54, 1.807) is 31.4 Å². The van der Waals surface area contributed by atoms with Crippen molar-refractivity contribution in [3.05, 3.63) is 59.7 Å². The molecule has 0 saturated carbocycles. The first-order valence-electron chi connectivity index (χ1n) is 6.52. The molecular weight excluding hydrogens is 264 g/mol. The number of benzene rings is 2. The van der Waals surface area contributed by atoms with Crippen LogP contribution in [-0.2, 0) is 0 Å². The van der Waals surface area contributed by atoms with Gasteiger partial charge in [-0.05, 0) is 36.4 Å². The van der Waals surface area contributed by atoms with Gasteiger partial charge in [-0.3, -0.25) is 4.79 Å². The van der Waals surface area contributed by atoms with Gasteiger partial charge in [0.25, 0.3) is 0 Å². The van der Waals surface area contributed by atoms with Gasteiger partial charge in [-0.1, -0.05) is 12.1 Å². The summed E-state index contributed by atoms with van der Waals surface area (Å²) < 4.78 is 5.11. The Kier molecular flexibility index (Phi) is 4.57. The van der Waals surface area contributed by atoms with E-state index in [0.29, 0.717) is 11.1 Å². The lowest BCUT2D eigenvalue weighted by atomic mass is 10.1. The second-order valence-electron chi connectivity index (χ2n) is 4.67. The van der Waals surface area contributed by atoms with Crippen molar-refractivity contribution < 1.29 is 9.53 Å². The van der Waals surface area contributed by atoms with Gasteiger partial charge in [-0.2, -0.15) is 5.26 Å². The first-order chi connectivity index (χ1) is 10.1. The third-order valence-electron chi connectivity index (χ3n) is 3.23. The van der Waals surface area contributed by atoms with Crippen molar-refractivity contribution >= 4 is 11.5 Å². The van der Waals surface area contributed by atoms with E-state index < -0.39 is 0 Å². The molecule has 21 heavy (non-hydrogen) atoms. The van der Waals surface area contributed by atoms with Crippen LogP contribution in [-0.4, -0.2) is 26.5 Å². The molecule has 0 atom stereocenters. The van der Waals surface area contributed by atoms with Crippen LogP contribution in [0.3, 0.4) is 0 Å². The third kappa shape index (κ3) is 3.61. The predicted octanol–water partition coefficient (Wildman–Crippen LogP) is 2.89. The van der Waals surface area contributed by atoms with Crippen molar-refractivity contribution in [2.45, 2.75) is 0 Å². The Morgan fingerprint density at radius 3 is 2.29 bits per heavy atom. The Bertz CT molecular complexity index is 655. The minimum absolute atomic E-state index is 0.0119. The third-order valence-corrected chi connectivity index (χ3v) is 3.23. The minimum Gasteiger partial charge on any atom is -0.497 e. The largest absolute Gasteiger partial charge is 0.497 e. The van der Waals surface area contributed by atoms with Gasteiger partial charge in [0.15, 0.2) is 5.78 Å². The highest BCUT2D eigenvalue weighted by Gasteiger charge is 2.10. The Labute approximate surface area is 124 Å². The number of methoxy groups -OCH3 is 1. The van der Waals surface area contributed by atoms with Gasteiger partial charge < -0.3 is 9.64 Å². The second kappa shape index (κ2) is 6.58. The summed E-state index contributed by atoms with van der Waals surface area (Å²) >= 11 is 0. The van der Waals surface area contributed by atoms with Crippen LogP contribution in [0, 0.1) is 11.3 Å². The number of rotatable bonds is 5. The number of hydrogen-bond acceptors (Lipinski definition) is 4. The average Bonchev–Trinajstić information content (AvgIpc) is 2.55. The zero-order valence-electron chi connectivity index (χ0n) is 12.0. The summed E-state index contributed by atoms with van der Waals surface area (Å²) in [4.78, 5) is 14.1. The fraction of sp³-hybridized carbons (Fsp3) is 0.176. The molecule has 0 spiro atoms. The summed E-state index contributed by atoms with van der Waals surface area (Å²) in [5.41, 5.74) is 2.10. The molecule has 0 aliphatic heterocycles. The molecule has 0 radical (unpaired) electrons. The van der Waals surface area contributed by atoms with Crippen LogP contribution in [0.4, 0.5) is 5.69 Å². The molecule has 106 valence electrons. The first kappa shape index (κ1) is 14.6. The van der Waals surface area contributed by atoms with E-state index >= 15 is 0 Å².